The number of nitrogens with zero attached hydrogens (tertiary/aromatic N) is 1. The largest absolute Gasteiger partial charge is 0.420 e. The summed E-state index contributed by atoms with van der Waals surface area (Å²) >= 11 is 0. The molecule has 0 aliphatic rings. The van der Waals surface area contributed by atoms with Crippen LogP contribution in [0.3, 0.4) is 0 Å². The minimum Gasteiger partial charge on any atom is -0.408 e. The predicted octanol–water partition coefficient (Wildman–Crippen LogP) is 3.36. The number of benzene rings is 2. The first-order chi connectivity index (χ1) is 11.1. The van der Waals surface area contributed by atoms with Crippen LogP contribution < -0.4 is 11.1 Å². The average molecular weight is 310 g/mol. The third-order valence-corrected chi connectivity index (χ3v) is 3.89. The van der Waals surface area contributed by atoms with Crippen molar-refractivity contribution < 1.29 is 9.21 Å². The Kier molecular flexibility index (Phi) is 4.02. The summed E-state index contributed by atoms with van der Waals surface area (Å²) in [4.78, 5) is 24.5. The number of oxazole rings is 1. The highest BCUT2D eigenvalue weighted by Gasteiger charge is 2.21. The second-order valence-corrected chi connectivity index (χ2v) is 5.42. The van der Waals surface area contributed by atoms with E-state index in [1.54, 1.807) is 25.1 Å². The van der Waals surface area contributed by atoms with Crippen LogP contribution >= 0.6 is 0 Å². The van der Waals surface area contributed by atoms with Crippen LogP contribution in [0.2, 0.25) is 0 Å². The smallest absolute Gasteiger partial charge is 0.408 e. The average Bonchev–Trinajstić information content (AvgIpc) is 2.90. The SMILES string of the molecule is CCc1cccc(NC(=O)[C@H](C)n2c(=O)oc3ccccc32)c1. The number of para-hydroxylation sites is 2. The van der Waals surface area contributed by atoms with Gasteiger partial charge in [-0.3, -0.25) is 9.36 Å². The molecule has 1 aromatic heterocycles. The Balaban J connectivity index is 1.89. The van der Waals surface area contributed by atoms with E-state index in [-0.39, 0.29) is 5.91 Å². The van der Waals surface area contributed by atoms with Crippen molar-refractivity contribution in [2.75, 3.05) is 5.32 Å². The summed E-state index contributed by atoms with van der Waals surface area (Å²) in [7, 11) is 0. The van der Waals surface area contributed by atoms with Crippen molar-refractivity contribution in [1.82, 2.24) is 4.57 Å². The van der Waals surface area contributed by atoms with Gasteiger partial charge < -0.3 is 9.73 Å². The summed E-state index contributed by atoms with van der Waals surface area (Å²) in [5.74, 6) is -0.789. The first kappa shape index (κ1) is 15.1. The highest BCUT2D eigenvalue weighted by Crippen LogP contribution is 2.18. The molecule has 23 heavy (non-hydrogen) atoms. The fourth-order valence-electron chi connectivity index (χ4n) is 2.58. The zero-order chi connectivity index (χ0) is 16.4. The number of rotatable bonds is 4. The van der Waals surface area contributed by atoms with Gasteiger partial charge in [-0.05, 0) is 43.2 Å². The van der Waals surface area contributed by atoms with Crippen molar-refractivity contribution in [3.8, 4) is 0 Å². The third kappa shape index (κ3) is 2.90. The zero-order valence-electron chi connectivity index (χ0n) is 13.1. The topological polar surface area (TPSA) is 64.2 Å². The lowest BCUT2D eigenvalue weighted by Gasteiger charge is -2.13. The lowest BCUT2D eigenvalue weighted by molar-refractivity contribution is -0.118. The summed E-state index contributed by atoms with van der Waals surface area (Å²) < 4.78 is 6.55. The van der Waals surface area contributed by atoms with Crippen molar-refractivity contribution in [3.63, 3.8) is 0 Å². The number of hydrogen-bond acceptors (Lipinski definition) is 3. The monoisotopic (exact) mass is 310 g/mol. The standard InChI is InChI=1S/C18H18N2O3/c1-3-13-7-6-8-14(11-13)19-17(21)12(2)20-15-9-4-5-10-16(15)23-18(20)22/h4-12H,3H2,1-2H3,(H,19,21)/t12-/m0/s1. The number of aryl methyl sites for hydroxylation is 1. The molecular formula is C18H18N2O3. The van der Waals surface area contributed by atoms with Gasteiger partial charge in [-0.1, -0.05) is 31.2 Å². The summed E-state index contributed by atoms with van der Waals surface area (Å²) in [6, 6.07) is 14.1. The second kappa shape index (κ2) is 6.12. The highest BCUT2D eigenvalue weighted by atomic mass is 16.4. The fourth-order valence-corrected chi connectivity index (χ4v) is 2.58. The van der Waals surface area contributed by atoms with Gasteiger partial charge in [0.05, 0.1) is 5.52 Å². The molecule has 5 heteroatoms. The molecule has 3 aromatic rings. The predicted molar refractivity (Wildman–Crippen MR) is 89.6 cm³/mol. The van der Waals surface area contributed by atoms with Crippen molar-refractivity contribution in [2.24, 2.45) is 0 Å². The molecule has 0 saturated carbocycles. The molecule has 1 amide bonds. The molecule has 0 radical (unpaired) electrons. The highest BCUT2D eigenvalue weighted by molar-refractivity contribution is 5.94. The summed E-state index contributed by atoms with van der Waals surface area (Å²) in [6.45, 7) is 3.74. The molecule has 0 unspecified atom stereocenters. The molecule has 1 atom stereocenters. The summed E-state index contributed by atoms with van der Waals surface area (Å²) in [5, 5.41) is 2.86. The van der Waals surface area contributed by atoms with Gasteiger partial charge in [-0.2, -0.15) is 0 Å². The number of nitrogens with one attached hydrogen (secondary N) is 1. The molecule has 2 aromatic carbocycles. The third-order valence-electron chi connectivity index (χ3n) is 3.89. The minimum atomic E-state index is -0.670. The van der Waals surface area contributed by atoms with E-state index in [4.69, 9.17) is 4.42 Å². The Labute approximate surface area is 133 Å². The number of carbonyl (C=O) groups excluding carboxylic acids is 1. The molecule has 118 valence electrons. The van der Waals surface area contributed by atoms with Crippen molar-refractivity contribution in [3.05, 3.63) is 64.6 Å². The Morgan fingerprint density at radius 2 is 2.00 bits per heavy atom. The molecule has 0 saturated heterocycles. The Hall–Kier alpha value is -2.82. The lowest BCUT2D eigenvalue weighted by Crippen LogP contribution is -2.29. The number of anilines is 1. The molecule has 0 fully saturated rings. The summed E-state index contributed by atoms with van der Waals surface area (Å²) in [6.07, 6.45) is 0.894. The van der Waals surface area contributed by atoms with Gasteiger partial charge in [-0.25, -0.2) is 4.79 Å². The first-order valence-electron chi connectivity index (χ1n) is 7.60. The maximum Gasteiger partial charge on any atom is 0.420 e. The van der Waals surface area contributed by atoms with E-state index in [1.165, 1.54) is 4.57 Å². The van der Waals surface area contributed by atoms with Crippen LogP contribution in [0.15, 0.2) is 57.7 Å². The Bertz CT molecular complexity index is 908. The van der Waals surface area contributed by atoms with Crippen LogP contribution in [0, 0.1) is 0 Å². The molecule has 3 rings (SSSR count). The van der Waals surface area contributed by atoms with Crippen LogP contribution in [0.4, 0.5) is 5.69 Å². The molecule has 1 N–H and O–H groups in total. The van der Waals surface area contributed by atoms with Crippen LogP contribution in [-0.4, -0.2) is 10.5 Å². The van der Waals surface area contributed by atoms with Crippen LogP contribution in [-0.2, 0) is 11.2 Å². The van der Waals surface area contributed by atoms with Gasteiger partial charge in [-0.15, -0.1) is 0 Å². The second-order valence-electron chi connectivity index (χ2n) is 5.42. The van der Waals surface area contributed by atoms with Crippen molar-refractivity contribution in [1.29, 1.82) is 0 Å². The van der Waals surface area contributed by atoms with Gasteiger partial charge in [0.25, 0.3) is 0 Å². The molecule has 0 aliphatic heterocycles. The molecular weight excluding hydrogens is 292 g/mol. The molecule has 0 bridgehead atoms. The number of carbonyl (C=O) groups is 1. The van der Waals surface area contributed by atoms with Gasteiger partial charge in [0.1, 0.15) is 6.04 Å². The molecule has 5 nitrogen and oxygen atoms in total. The van der Waals surface area contributed by atoms with E-state index in [2.05, 4.69) is 12.2 Å². The lowest BCUT2D eigenvalue weighted by atomic mass is 10.1. The van der Waals surface area contributed by atoms with Gasteiger partial charge in [0.2, 0.25) is 5.91 Å². The van der Waals surface area contributed by atoms with Gasteiger partial charge in [0, 0.05) is 5.69 Å². The quantitative estimate of drug-likeness (QED) is 0.803. The first-order valence-corrected chi connectivity index (χ1v) is 7.60. The number of fused-ring (bicyclic) bond motifs is 1. The van der Waals surface area contributed by atoms with E-state index >= 15 is 0 Å². The molecule has 0 spiro atoms. The maximum atomic E-state index is 12.5. The van der Waals surface area contributed by atoms with E-state index < -0.39 is 11.8 Å². The van der Waals surface area contributed by atoms with Crippen molar-refractivity contribution >= 4 is 22.7 Å². The zero-order valence-corrected chi connectivity index (χ0v) is 13.1. The number of amides is 1. The Morgan fingerprint density at radius 3 is 2.78 bits per heavy atom. The van der Waals surface area contributed by atoms with E-state index in [0.717, 1.165) is 17.7 Å². The maximum absolute atomic E-state index is 12.5. The van der Waals surface area contributed by atoms with E-state index in [9.17, 15) is 9.59 Å². The summed E-state index contributed by atoms with van der Waals surface area (Å²) in [5.41, 5.74) is 2.95. The Morgan fingerprint density at radius 1 is 1.22 bits per heavy atom. The van der Waals surface area contributed by atoms with E-state index in [0.29, 0.717) is 11.1 Å². The van der Waals surface area contributed by atoms with Gasteiger partial charge >= 0.3 is 5.76 Å². The van der Waals surface area contributed by atoms with Crippen molar-refractivity contribution in [2.45, 2.75) is 26.3 Å². The van der Waals surface area contributed by atoms with E-state index in [1.807, 2.05) is 30.3 Å². The number of hydrogen-bond donors (Lipinski definition) is 1. The number of aromatic nitrogens is 1. The van der Waals surface area contributed by atoms with Crippen LogP contribution in [0.1, 0.15) is 25.5 Å². The van der Waals surface area contributed by atoms with Crippen LogP contribution in [0.25, 0.3) is 11.1 Å². The van der Waals surface area contributed by atoms with Gasteiger partial charge in [0.15, 0.2) is 5.58 Å². The van der Waals surface area contributed by atoms with Crippen LogP contribution in [0.5, 0.6) is 0 Å². The molecule has 0 aliphatic carbocycles. The normalized spacial score (nSPS) is 12.3. The fraction of sp³-hybridized carbons (Fsp3) is 0.222. The minimum absolute atomic E-state index is 0.257. The molecule has 1 heterocycles.